The molecule has 0 aromatic carbocycles. The molecule has 1 aliphatic carbocycles. The smallest absolute Gasteiger partial charge is 0.273 e. The monoisotopic (exact) mass is 338 g/mol. The van der Waals surface area contributed by atoms with Crippen molar-refractivity contribution < 1.29 is 5.11 Å². The van der Waals surface area contributed by atoms with E-state index in [4.69, 9.17) is 0 Å². The van der Waals surface area contributed by atoms with E-state index in [0.717, 1.165) is 18.2 Å². The Morgan fingerprint density at radius 3 is 3.08 bits per heavy atom. The van der Waals surface area contributed by atoms with Crippen molar-refractivity contribution in [3.8, 4) is 17.3 Å². The third kappa shape index (κ3) is 2.83. The first kappa shape index (κ1) is 15.6. The SMILES string of the molecule is N#CC(CC1CCC(O)C1)n1cc(-c2ncnc3[nH]ccc23)c(=O)[nH]1. The summed E-state index contributed by atoms with van der Waals surface area (Å²) < 4.78 is 1.56. The molecule has 4 rings (SSSR count). The molecule has 3 unspecified atom stereocenters. The molecule has 128 valence electrons. The maximum atomic E-state index is 12.4. The summed E-state index contributed by atoms with van der Waals surface area (Å²) >= 11 is 0. The highest BCUT2D eigenvalue weighted by atomic mass is 16.3. The number of H-pyrrole nitrogens is 2. The zero-order chi connectivity index (χ0) is 17.4. The van der Waals surface area contributed by atoms with Gasteiger partial charge < -0.3 is 10.1 Å². The molecule has 3 heterocycles. The lowest BCUT2D eigenvalue weighted by Gasteiger charge is -2.15. The minimum atomic E-state index is -0.472. The first-order valence-corrected chi connectivity index (χ1v) is 8.33. The Kier molecular flexibility index (Phi) is 3.86. The second kappa shape index (κ2) is 6.18. The molecule has 0 bridgehead atoms. The standard InChI is InChI=1S/C17H18N6O2/c18-7-11(5-10-1-2-12(24)6-10)23-8-14(17(25)22-23)15-13-3-4-19-16(13)21-9-20-15/h3-4,8-12,24H,1-2,5-6H2,(H,22,25)(H,19,20,21). The third-order valence-electron chi connectivity index (χ3n) is 4.91. The minimum absolute atomic E-state index is 0.272. The highest BCUT2D eigenvalue weighted by Crippen LogP contribution is 2.32. The molecule has 1 aliphatic rings. The van der Waals surface area contributed by atoms with Gasteiger partial charge in [-0.15, -0.1) is 0 Å². The Labute approximate surface area is 143 Å². The van der Waals surface area contributed by atoms with E-state index in [1.165, 1.54) is 6.33 Å². The molecule has 8 nitrogen and oxygen atoms in total. The van der Waals surface area contributed by atoms with Gasteiger partial charge in [-0.3, -0.25) is 14.6 Å². The Bertz CT molecular complexity index is 994. The summed E-state index contributed by atoms with van der Waals surface area (Å²) in [6.45, 7) is 0. The number of hydrogen-bond acceptors (Lipinski definition) is 5. The van der Waals surface area contributed by atoms with Crippen LogP contribution >= 0.6 is 0 Å². The largest absolute Gasteiger partial charge is 0.393 e. The van der Waals surface area contributed by atoms with Crippen molar-refractivity contribution in [2.24, 2.45) is 5.92 Å². The van der Waals surface area contributed by atoms with E-state index < -0.39 is 6.04 Å². The van der Waals surface area contributed by atoms with Gasteiger partial charge in [-0.25, -0.2) is 9.97 Å². The number of hydrogen-bond donors (Lipinski definition) is 3. The van der Waals surface area contributed by atoms with Gasteiger partial charge in [-0.05, 0) is 37.7 Å². The van der Waals surface area contributed by atoms with Crippen LogP contribution in [0.5, 0.6) is 0 Å². The molecule has 25 heavy (non-hydrogen) atoms. The van der Waals surface area contributed by atoms with Crippen LogP contribution in [0.4, 0.5) is 0 Å². The number of aliphatic hydroxyl groups excluding tert-OH is 1. The van der Waals surface area contributed by atoms with E-state index in [-0.39, 0.29) is 11.7 Å². The van der Waals surface area contributed by atoms with Crippen molar-refractivity contribution >= 4 is 11.0 Å². The summed E-state index contributed by atoms with van der Waals surface area (Å²) in [7, 11) is 0. The number of aromatic amines is 2. The lowest BCUT2D eigenvalue weighted by atomic mass is 9.99. The molecule has 8 heteroatoms. The van der Waals surface area contributed by atoms with Crippen LogP contribution in [-0.2, 0) is 0 Å². The van der Waals surface area contributed by atoms with Gasteiger partial charge in [0, 0.05) is 17.8 Å². The van der Waals surface area contributed by atoms with E-state index in [1.54, 1.807) is 17.1 Å². The van der Waals surface area contributed by atoms with Crippen molar-refractivity contribution in [1.29, 1.82) is 5.26 Å². The van der Waals surface area contributed by atoms with E-state index in [9.17, 15) is 15.2 Å². The molecule has 1 fully saturated rings. The molecule has 0 amide bonds. The fourth-order valence-corrected chi connectivity index (χ4v) is 3.64. The van der Waals surface area contributed by atoms with Crippen molar-refractivity contribution in [2.45, 2.75) is 37.8 Å². The highest BCUT2D eigenvalue weighted by Gasteiger charge is 2.27. The average molecular weight is 338 g/mol. The quantitative estimate of drug-likeness (QED) is 0.668. The van der Waals surface area contributed by atoms with Crippen LogP contribution in [0.2, 0.25) is 0 Å². The van der Waals surface area contributed by atoms with Crippen molar-refractivity contribution in [1.82, 2.24) is 24.7 Å². The maximum absolute atomic E-state index is 12.4. The van der Waals surface area contributed by atoms with Crippen LogP contribution in [-0.4, -0.2) is 35.9 Å². The van der Waals surface area contributed by atoms with Gasteiger partial charge in [-0.2, -0.15) is 5.26 Å². The zero-order valence-corrected chi connectivity index (χ0v) is 13.5. The summed E-state index contributed by atoms with van der Waals surface area (Å²) in [6, 6.07) is 3.61. The fraction of sp³-hybridized carbons (Fsp3) is 0.412. The molecule has 3 aromatic heterocycles. The van der Waals surface area contributed by atoms with Gasteiger partial charge in [0.15, 0.2) is 0 Å². The molecule has 0 radical (unpaired) electrons. The number of nitrogens with one attached hydrogen (secondary N) is 2. The Balaban J connectivity index is 1.67. The van der Waals surface area contributed by atoms with Crippen LogP contribution < -0.4 is 5.56 Å². The number of nitrogens with zero attached hydrogens (tertiary/aromatic N) is 4. The lowest BCUT2D eigenvalue weighted by Crippen LogP contribution is -2.15. The minimum Gasteiger partial charge on any atom is -0.393 e. The normalized spacial score (nSPS) is 21.4. The van der Waals surface area contributed by atoms with Gasteiger partial charge in [0.2, 0.25) is 0 Å². The molecule has 1 saturated carbocycles. The summed E-state index contributed by atoms with van der Waals surface area (Å²) in [6.07, 6.45) is 7.55. The van der Waals surface area contributed by atoms with Gasteiger partial charge in [0.1, 0.15) is 18.0 Å². The molecule has 0 spiro atoms. The van der Waals surface area contributed by atoms with Gasteiger partial charge in [0.25, 0.3) is 5.56 Å². The van der Waals surface area contributed by atoms with Crippen LogP contribution in [0.1, 0.15) is 31.7 Å². The second-order valence-corrected chi connectivity index (χ2v) is 6.57. The number of fused-ring (bicyclic) bond motifs is 1. The van der Waals surface area contributed by atoms with E-state index >= 15 is 0 Å². The lowest BCUT2D eigenvalue weighted by molar-refractivity contribution is 0.175. The van der Waals surface area contributed by atoms with Gasteiger partial charge in [0.05, 0.1) is 23.4 Å². The Morgan fingerprint density at radius 2 is 2.32 bits per heavy atom. The van der Waals surface area contributed by atoms with Crippen molar-refractivity contribution in [3.05, 3.63) is 35.1 Å². The van der Waals surface area contributed by atoms with E-state index in [2.05, 4.69) is 26.1 Å². The van der Waals surface area contributed by atoms with Crippen LogP contribution in [0.3, 0.4) is 0 Å². The molecule has 0 aliphatic heterocycles. The topological polar surface area (TPSA) is 123 Å². The number of nitriles is 1. The van der Waals surface area contributed by atoms with Crippen molar-refractivity contribution in [3.63, 3.8) is 0 Å². The fourth-order valence-electron chi connectivity index (χ4n) is 3.64. The molecule has 0 saturated heterocycles. The first-order chi connectivity index (χ1) is 12.2. The molecular formula is C17H18N6O2. The summed E-state index contributed by atoms with van der Waals surface area (Å²) in [4.78, 5) is 23.8. The van der Waals surface area contributed by atoms with Gasteiger partial charge >= 0.3 is 0 Å². The van der Waals surface area contributed by atoms with Crippen LogP contribution in [0.25, 0.3) is 22.3 Å². The van der Waals surface area contributed by atoms with E-state index in [0.29, 0.717) is 35.7 Å². The summed E-state index contributed by atoms with van der Waals surface area (Å²) in [5, 5.41) is 22.7. The number of aliphatic hydroxyl groups is 1. The number of rotatable bonds is 4. The van der Waals surface area contributed by atoms with Gasteiger partial charge in [-0.1, -0.05) is 0 Å². The number of aromatic nitrogens is 5. The molecule has 3 aromatic rings. The van der Waals surface area contributed by atoms with E-state index in [1.807, 2.05) is 6.07 Å². The predicted molar refractivity (Wildman–Crippen MR) is 90.6 cm³/mol. The zero-order valence-electron chi connectivity index (χ0n) is 13.5. The second-order valence-electron chi connectivity index (χ2n) is 6.57. The third-order valence-corrected chi connectivity index (χ3v) is 4.91. The first-order valence-electron chi connectivity index (χ1n) is 8.33. The summed E-state index contributed by atoms with van der Waals surface area (Å²) in [5.74, 6) is 0.296. The molecule has 3 atom stereocenters. The molecular weight excluding hydrogens is 320 g/mol. The molecule has 3 N–H and O–H groups in total. The summed E-state index contributed by atoms with van der Waals surface area (Å²) in [5.41, 5.74) is 1.33. The van der Waals surface area contributed by atoms with Crippen LogP contribution in [0, 0.1) is 17.2 Å². The Hall–Kier alpha value is -2.92. The maximum Gasteiger partial charge on any atom is 0.273 e. The van der Waals surface area contributed by atoms with Crippen LogP contribution in [0.15, 0.2) is 29.6 Å². The predicted octanol–water partition coefficient (Wildman–Crippen LogP) is 1.73. The average Bonchev–Trinajstić information content (AvgIpc) is 3.32. The Morgan fingerprint density at radius 1 is 1.44 bits per heavy atom. The van der Waals surface area contributed by atoms with Crippen molar-refractivity contribution in [2.75, 3.05) is 0 Å². The highest BCUT2D eigenvalue weighted by molar-refractivity contribution is 5.89.